The Bertz CT molecular complexity index is 778. The maximum Gasteiger partial charge on any atom is 0.328 e. The Kier molecular flexibility index (Phi) is 5.41. The van der Waals surface area contributed by atoms with Crippen molar-refractivity contribution in [3.63, 3.8) is 0 Å². The molecule has 1 aromatic heterocycles. The molecule has 1 heterocycles. The lowest BCUT2D eigenvalue weighted by molar-refractivity contribution is -0.144. The summed E-state index contributed by atoms with van der Waals surface area (Å²) >= 11 is 0. The van der Waals surface area contributed by atoms with Crippen molar-refractivity contribution < 1.29 is 19.1 Å². The first-order valence-electron chi connectivity index (χ1n) is 7.33. The zero-order valence-corrected chi connectivity index (χ0v) is 13.6. The van der Waals surface area contributed by atoms with Crippen molar-refractivity contribution in [3.8, 4) is 0 Å². The number of ether oxygens (including phenoxy) is 1. The summed E-state index contributed by atoms with van der Waals surface area (Å²) in [5.74, 6) is -1.60. The van der Waals surface area contributed by atoms with Crippen molar-refractivity contribution in [1.29, 1.82) is 0 Å². The van der Waals surface area contributed by atoms with Crippen molar-refractivity contribution in [2.45, 2.75) is 25.9 Å². The molecule has 126 valence electrons. The van der Waals surface area contributed by atoms with Gasteiger partial charge in [0, 0.05) is 0 Å². The third-order valence-corrected chi connectivity index (χ3v) is 3.34. The number of hydrogen-bond donors (Lipinski definition) is 2. The van der Waals surface area contributed by atoms with Crippen molar-refractivity contribution in [1.82, 2.24) is 20.6 Å². The summed E-state index contributed by atoms with van der Waals surface area (Å²) in [5, 5.41) is 4.97. The second-order valence-corrected chi connectivity index (χ2v) is 5.19. The summed E-state index contributed by atoms with van der Waals surface area (Å²) in [6, 6.07) is 5.50. The minimum absolute atomic E-state index is 0.106. The van der Waals surface area contributed by atoms with E-state index >= 15 is 0 Å². The number of fused-ring (bicyclic) bond motifs is 1. The predicted octanol–water partition coefficient (Wildman–Crippen LogP) is 0.426. The molecule has 24 heavy (non-hydrogen) atoms. The number of carbonyl (C=O) groups is 3. The maximum absolute atomic E-state index is 12.2. The fraction of sp³-hybridized carbons (Fsp3) is 0.312. The van der Waals surface area contributed by atoms with Crippen LogP contribution in [0.5, 0.6) is 0 Å². The van der Waals surface area contributed by atoms with Gasteiger partial charge >= 0.3 is 5.97 Å². The molecule has 0 radical (unpaired) electrons. The summed E-state index contributed by atoms with van der Waals surface area (Å²) in [6.07, 6.45) is 1.35. The molecular formula is C16H18N4O4. The Hall–Kier alpha value is -3.03. The Morgan fingerprint density at radius 2 is 1.71 bits per heavy atom. The van der Waals surface area contributed by atoms with Gasteiger partial charge in [-0.25, -0.2) is 9.78 Å². The van der Waals surface area contributed by atoms with Crippen LogP contribution in [-0.4, -0.2) is 46.9 Å². The van der Waals surface area contributed by atoms with Gasteiger partial charge < -0.3 is 15.4 Å². The van der Waals surface area contributed by atoms with Crippen molar-refractivity contribution in [2.75, 3.05) is 7.11 Å². The first-order chi connectivity index (χ1) is 11.4. The summed E-state index contributed by atoms with van der Waals surface area (Å²) < 4.78 is 4.52. The zero-order valence-electron chi connectivity index (χ0n) is 13.6. The molecule has 0 bridgehead atoms. The quantitative estimate of drug-likeness (QED) is 0.769. The molecule has 2 atom stereocenters. The van der Waals surface area contributed by atoms with Crippen LogP contribution in [0.4, 0.5) is 0 Å². The summed E-state index contributed by atoms with van der Waals surface area (Å²) in [6.45, 7) is 3.00. The molecule has 8 nitrogen and oxygen atoms in total. The van der Waals surface area contributed by atoms with Gasteiger partial charge in [-0.3, -0.25) is 14.6 Å². The van der Waals surface area contributed by atoms with Crippen LogP contribution in [0.25, 0.3) is 11.0 Å². The number of nitrogens with one attached hydrogen (secondary N) is 2. The van der Waals surface area contributed by atoms with Crippen molar-refractivity contribution >= 4 is 28.8 Å². The van der Waals surface area contributed by atoms with Crippen molar-refractivity contribution in [3.05, 3.63) is 36.2 Å². The van der Waals surface area contributed by atoms with Gasteiger partial charge in [0.25, 0.3) is 5.91 Å². The molecule has 0 aliphatic heterocycles. The lowest BCUT2D eigenvalue weighted by atomic mass is 10.2. The zero-order chi connectivity index (χ0) is 17.7. The van der Waals surface area contributed by atoms with Gasteiger partial charge in [-0.05, 0) is 26.0 Å². The fourth-order valence-corrected chi connectivity index (χ4v) is 1.98. The Labute approximate surface area is 138 Å². The average Bonchev–Trinajstić information content (AvgIpc) is 2.60. The first kappa shape index (κ1) is 17.3. The van der Waals surface area contributed by atoms with E-state index in [2.05, 4.69) is 25.3 Å². The normalized spacial score (nSPS) is 13.0. The van der Waals surface area contributed by atoms with Crippen molar-refractivity contribution in [2.24, 2.45) is 0 Å². The van der Waals surface area contributed by atoms with E-state index in [1.165, 1.54) is 27.2 Å². The lowest BCUT2D eigenvalue weighted by Gasteiger charge is -2.17. The minimum atomic E-state index is -0.849. The van der Waals surface area contributed by atoms with Gasteiger partial charge in [0.2, 0.25) is 5.91 Å². The van der Waals surface area contributed by atoms with Gasteiger partial charge in [0.1, 0.15) is 17.8 Å². The van der Waals surface area contributed by atoms with E-state index in [1.54, 1.807) is 18.2 Å². The molecule has 2 rings (SSSR count). The number of benzene rings is 1. The van der Waals surface area contributed by atoms with Crippen LogP contribution in [0.1, 0.15) is 24.3 Å². The lowest BCUT2D eigenvalue weighted by Crippen LogP contribution is -2.49. The van der Waals surface area contributed by atoms with Crippen LogP contribution in [0, 0.1) is 0 Å². The van der Waals surface area contributed by atoms with E-state index in [0.29, 0.717) is 11.0 Å². The third kappa shape index (κ3) is 4.03. The highest BCUT2D eigenvalue weighted by Crippen LogP contribution is 2.08. The molecule has 2 aromatic rings. The molecule has 0 fully saturated rings. The standard InChI is InChI=1S/C16H18N4O4/c1-9(14(21)19-10(2)16(23)24-3)18-15(22)13-8-17-11-6-4-5-7-12(11)20-13/h4-10H,1-3H3,(H,18,22)(H,19,21). The Morgan fingerprint density at radius 3 is 2.38 bits per heavy atom. The van der Waals surface area contributed by atoms with Gasteiger partial charge in [0.05, 0.1) is 24.3 Å². The van der Waals surface area contributed by atoms with Gasteiger partial charge in [0.15, 0.2) is 0 Å². The smallest absolute Gasteiger partial charge is 0.328 e. The number of amides is 2. The molecule has 1 aromatic carbocycles. The van der Waals surface area contributed by atoms with E-state index in [4.69, 9.17) is 0 Å². The van der Waals surface area contributed by atoms with Crippen LogP contribution in [0.15, 0.2) is 30.5 Å². The number of esters is 1. The number of methoxy groups -OCH3 is 1. The van der Waals surface area contributed by atoms with E-state index < -0.39 is 29.9 Å². The van der Waals surface area contributed by atoms with E-state index in [0.717, 1.165) is 0 Å². The number of carbonyl (C=O) groups excluding carboxylic acids is 3. The molecule has 0 aliphatic rings. The van der Waals surface area contributed by atoms with Crippen LogP contribution in [-0.2, 0) is 14.3 Å². The Balaban J connectivity index is 2.01. The van der Waals surface area contributed by atoms with E-state index in [9.17, 15) is 14.4 Å². The second kappa shape index (κ2) is 7.49. The highest BCUT2D eigenvalue weighted by atomic mass is 16.5. The molecule has 0 spiro atoms. The topological polar surface area (TPSA) is 110 Å². The van der Waals surface area contributed by atoms with Crippen LogP contribution >= 0.6 is 0 Å². The van der Waals surface area contributed by atoms with E-state index in [1.807, 2.05) is 6.07 Å². The molecule has 2 unspecified atom stereocenters. The summed E-state index contributed by atoms with van der Waals surface area (Å²) in [7, 11) is 1.23. The highest BCUT2D eigenvalue weighted by molar-refractivity contribution is 5.97. The van der Waals surface area contributed by atoms with Gasteiger partial charge in [-0.1, -0.05) is 12.1 Å². The second-order valence-electron chi connectivity index (χ2n) is 5.19. The average molecular weight is 330 g/mol. The molecular weight excluding hydrogens is 312 g/mol. The molecule has 2 N–H and O–H groups in total. The van der Waals surface area contributed by atoms with Crippen LogP contribution in [0.3, 0.4) is 0 Å². The molecule has 2 amide bonds. The number of nitrogens with zero attached hydrogens (tertiary/aromatic N) is 2. The van der Waals surface area contributed by atoms with Gasteiger partial charge in [-0.2, -0.15) is 0 Å². The first-order valence-corrected chi connectivity index (χ1v) is 7.33. The van der Waals surface area contributed by atoms with Crippen LogP contribution < -0.4 is 10.6 Å². The predicted molar refractivity (Wildman–Crippen MR) is 86.1 cm³/mol. The highest BCUT2D eigenvalue weighted by Gasteiger charge is 2.22. The molecule has 0 saturated carbocycles. The molecule has 8 heteroatoms. The summed E-state index contributed by atoms with van der Waals surface area (Å²) in [5.41, 5.74) is 1.36. The Morgan fingerprint density at radius 1 is 1.04 bits per heavy atom. The third-order valence-electron chi connectivity index (χ3n) is 3.34. The van der Waals surface area contributed by atoms with Gasteiger partial charge in [-0.15, -0.1) is 0 Å². The molecule has 0 saturated heterocycles. The maximum atomic E-state index is 12.2. The molecule has 0 aliphatic carbocycles. The monoisotopic (exact) mass is 330 g/mol. The SMILES string of the molecule is COC(=O)C(C)NC(=O)C(C)NC(=O)c1cnc2ccccc2n1. The minimum Gasteiger partial charge on any atom is -0.467 e. The largest absolute Gasteiger partial charge is 0.467 e. The fourth-order valence-electron chi connectivity index (χ4n) is 1.98. The number of aromatic nitrogens is 2. The van der Waals surface area contributed by atoms with E-state index in [-0.39, 0.29) is 5.69 Å². The number of hydrogen-bond acceptors (Lipinski definition) is 6. The number of rotatable bonds is 5. The van der Waals surface area contributed by atoms with Crippen LogP contribution in [0.2, 0.25) is 0 Å². The summed E-state index contributed by atoms with van der Waals surface area (Å²) in [4.78, 5) is 43.8. The number of para-hydroxylation sites is 2.